The highest BCUT2D eigenvalue weighted by Gasteiger charge is 2.36. The molecular formula is C22H26N4O5S2. The van der Waals surface area contributed by atoms with E-state index >= 15 is 0 Å². The summed E-state index contributed by atoms with van der Waals surface area (Å²) in [6.07, 6.45) is 3.94. The number of ether oxygens (including phenoxy) is 1. The minimum Gasteiger partial charge on any atom is -0.496 e. The van der Waals surface area contributed by atoms with Crippen LogP contribution in [-0.4, -0.2) is 43.3 Å². The standard InChI is InChI=1S/C22H26N4O5S2/c1-30-19-4-2-3-14-15(19)5-6-17(14)26-22-21-20(24-11-25-22)16(10-32-21)12-7-13(18(27)8-12)9-31-33(23,28)29/h2-4,10-13,17-18,27H,5-9H2,1H3,(H2,23,28,29)(H,24,25,26)/t12-,13+,17+,18+/m1/s1. The zero-order valence-electron chi connectivity index (χ0n) is 18.1. The number of anilines is 1. The van der Waals surface area contributed by atoms with E-state index in [0.717, 1.165) is 40.2 Å². The van der Waals surface area contributed by atoms with Crippen LogP contribution in [0.1, 0.15) is 47.9 Å². The summed E-state index contributed by atoms with van der Waals surface area (Å²) in [6.45, 7) is -0.120. The lowest BCUT2D eigenvalue weighted by Crippen LogP contribution is -2.24. The summed E-state index contributed by atoms with van der Waals surface area (Å²) >= 11 is 1.58. The van der Waals surface area contributed by atoms with Gasteiger partial charge in [0, 0.05) is 5.92 Å². The van der Waals surface area contributed by atoms with Gasteiger partial charge in [-0.05, 0) is 59.7 Å². The van der Waals surface area contributed by atoms with Crippen LogP contribution in [0.2, 0.25) is 0 Å². The van der Waals surface area contributed by atoms with Crippen LogP contribution < -0.4 is 15.2 Å². The maximum Gasteiger partial charge on any atom is 0.333 e. The number of benzene rings is 1. The molecule has 0 amide bonds. The molecule has 0 aliphatic heterocycles. The Kier molecular flexibility index (Phi) is 6.00. The Morgan fingerprint density at radius 3 is 2.91 bits per heavy atom. The van der Waals surface area contributed by atoms with Crippen LogP contribution in [0, 0.1) is 5.92 Å². The molecule has 1 fully saturated rings. The quantitative estimate of drug-likeness (QED) is 0.460. The van der Waals surface area contributed by atoms with E-state index in [1.807, 2.05) is 12.1 Å². The van der Waals surface area contributed by atoms with Gasteiger partial charge >= 0.3 is 10.3 Å². The predicted octanol–water partition coefficient (Wildman–Crippen LogP) is 2.87. The van der Waals surface area contributed by atoms with Gasteiger partial charge in [-0.25, -0.2) is 15.1 Å². The van der Waals surface area contributed by atoms with Crippen molar-refractivity contribution in [3.63, 3.8) is 0 Å². The smallest absolute Gasteiger partial charge is 0.333 e. The number of hydrogen-bond donors (Lipinski definition) is 3. The van der Waals surface area contributed by atoms with Crippen LogP contribution in [0.3, 0.4) is 0 Å². The fraction of sp³-hybridized carbons (Fsp3) is 0.455. The molecule has 2 aliphatic carbocycles. The van der Waals surface area contributed by atoms with E-state index in [1.165, 1.54) is 11.1 Å². The molecule has 33 heavy (non-hydrogen) atoms. The lowest BCUT2D eigenvalue weighted by Gasteiger charge is -2.16. The van der Waals surface area contributed by atoms with E-state index in [2.05, 4.69) is 26.7 Å². The van der Waals surface area contributed by atoms with Crippen LogP contribution >= 0.6 is 11.3 Å². The average Bonchev–Trinajstić information content (AvgIpc) is 3.49. The van der Waals surface area contributed by atoms with E-state index in [1.54, 1.807) is 24.8 Å². The van der Waals surface area contributed by atoms with Gasteiger partial charge < -0.3 is 15.2 Å². The molecule has 2 heterocycles. The summed E-state index contributed by atoms with van der Waals surface area (Å²) in [5.74, 6) is 1.48. The first-order valence-corrected chi connectivity index (χ1v) is 13.2. The minimum absolute atomic E-state index is 0.0575. The number of nitrogens with two attached hydrogens (primary N) is 1. The number of hydrogen-bond acceptors (Lipinski definition) is 9. The van der Waals surface area contributed by atoms with Crippen molar-refractivity contribution in [2.24, 2.45) is 11.1 Å². The molecule has 4 N–H and O–H groups in total. The molecule has 0 spiro atoms. The van der Waals surface area contributed by atoms with E-state index in [9.17, 15) is 13.5 Å². The number of rotatable bonds is 7. The van der Waals surface area contributed by atoms with Crippen molar-refractivity contribution >= 4 is 37.7 Å². The Balaban J connectivity index is 1.37. The Labute approximate surface area is 196 Å². The van der Waals surface area contributed by atoms with Gasteiger partial charge in [0.15, 0.2) is 0 Å². The van der Waals surface area contributed by atoms with Crippen molar-refractivity contribution in [1.82, 2.24) is 9.97 Å². The minimum atomic E-state index is -4.03. The topological polar surface area (TPSA) is 137 Å². The second-order valence-electron chi connectivity index (χ2n) is 8.63. The van der Waals surface area contributed by atoms with Gasteiger partial charge in [-0.15, -0.1) is 11.3 Å². The molecule has 5 rings (SSSR count). The molecular weight excluding hydrogens is 464 g/mol. The van der Waals surface area contributed by atoms with Crippen molar-refractivity contribution in [3.8, 4) is 5.75 Å². The second kappa shape index (κ2) is 8.80. The summed E-state index contributed by atoms with van der Waals surface area (Å²) in [4.78, 5) is 9.06. The lowest BCUT2D eigenvalue weighted by atomic mass is 9.98. The molecule has 0 unspecified atom stereocenters. The molecule has 0 saturated heterocycles. The van der Waals surface area contributed by atoms with Crippen molar-refractivity contribution < 1.29 is 22.4 Å². The van der Waals surface area contributed by atoms with Gasteiger partial charge in [0.2, 0.25) is 0 Å². The molecule has 1 saturated carbocycles. The Morgan fingerprint density at radius 1 is 1.27 bits per heavy atom. The van der Waals surface area contributed by atoms with Crippen molar-refractivity contribution in [2.75, 3.05) is 19.0 Å². The molecule has 3 aromatic rings. The molecule has 2 aliphatic rings. The maximum absolute atomic E-state index is 11.1. The highest BCUT2D eigenvalue weighted by molar-refractivity contribution is 7.84. The van der Waals surface area contributed by atoms with E-state index in [4.69, 9.17) is 14.1 Å². The number of thiophene rings is 1. The first kappa shape index (κ1) is 22.5. The maximum atomic E-state index is 11.1. The third-order valence-corrected chi connectivity index (χ3v) is 8.14. The predicted molar refractivity (Wildman–Crippen MR) is 126 cm³/mol. The summed E-state index contributed by atoms with van der Waals surface area (Å²) in [7, 11) is -2.33. The Morgan fingerprint density at radius 2 is 2.12 bits per heavy atom. The molecule has 1 aromatic carbocycles. The number of methoxy groups -OCH3 is 1. The summed E-state index contributed by atoms with van der Waals surface area (Å²) in [5.41, 5.74) is 4.38. The Hall–Kier alpha value is -2.31. The van der Waals surface area contributed by atoms with E-state index in [-0.39, 0.29) is 24.5 Å². The zero-order chi connectivity index (χ0) is 23.2. The molecule has 11 heteroatoms. The van der Waals surface area contributed by atoms with Gasteiger partial charge in [-0.3, -0.25) is 4.18 Å². The Bertz CT molecular complexity index is 1280. The number of aliphatic hydroxyl groups excluding tert-OH is 1. The summed E-state index contributed by atoms with van der Waals surface area (Å²) in [6, 6.07) is 6.28. The SMILES string of the molecule is COc1cccc2c1CC[C@@H]2Nc1ncnc2c([C@@H]3C[C@@H](COS(N)(=O)=O)[C@@H](O)C3)csc12. The van der Waals surface area contributed by atoms with Gasteiger partial charge in [-0.2, -0.15) is 8.42 Å². The highest BCUT2D eigenvalue weighted by atomic mass is 32.2. The van der Waals surface area contributed by atoms with Crippen LogP contribution in [0.5, 0.6) is 5.75 Å². The number of nitrogens with one attached hydrogen (secondary N) is 1. The van der Waals surface area contributed by atoms with Crippen LogP contribution in [-0.2, 0) is 20.9 Å². The fourth-order valence-electron chi connectivity index (χ4n) is 5.11. The number of aliphatic hydroxyl groups is 1. The van der Waals surface area contributed by atoms with Gasteiger partial charge in [0.25, 0.3) is 0 Å². The van der Waals surface area contributed by atoms with E-state index < -0.39 is 16.4 Å². The summed E-state index contributed by atoms with van der Waals surface area (Å²) < 4.78 is 33.4. The molecule has 4 atom stereocenters. The van der Waals surface area contributed by atoms with Gasteiger partial charge in [0.05, 0.1) is 36.1 Å². The van der Waals surface area contributed by atoms with Crippen molar-refractivity contribution in [1.29, 1.82) is 0 Å². The normalized spacial score (nSPS) is 24.8. The van der Waals surface area contributed by atoms with Crippen LogP contribution in [0.25, 0.3) is 10.2 Å². The monoisotopic (exact) mass is 490 g/mol. The molecule has 0 bridgehead atoms. The molecule has 2 aromatic heterocycles. The zero-order valence-corrected chi connectivity index (χ0v) is 19.7. The third kappa shape index (κ3) is 4.43. The van der Waals surface area contributed by atoms with Crippen LogP contribution in [0.15, 0.2) is 29.9 Å². The largest absolute Gasteiger partial charge is 0.496 e. The second-order valence-corrected chi connectivity index (χ2v) is 10.7. The van der Waals surface area contributed by atoms with E-state index in [0.29, 0.717) is 12.8 Å². The van der Waals surface area contributed by atoms with Gasteiger partial charge in [-0.1, -0.05) is 12.1 Å². The number of aromatic nitrogens is 2. The molecule has 0 radical (unpaired) electrons. The third-order valence-electron chi connectivity index (χ3n) is 6.68. The van der Waals surface area contributed by atoms with Crippen molar-refractivity contribution in [3.05, 3.63) is 46.6 Å². The fourth-order valence-corrected chi connectivity index (χ4v) is 6.53. The molecule has 9 nitrogen and oxygen atoms in total. The summed E-state index contributed by atoms with van der Waals surface area (Å²) in [5, 5.41) is 21.0. The van der Waals surface area contributed by atoms with Crippen molar-refractivity contribution in [2.45, 2.75) is 43.7 Å². The number of nitrogens with zero attached hydrogens (tertiary/aromatic N) is 2. The average molecular weight is 491 g/mol. The van der Waals surface area contributed by atoms with Crippen LogP contribution in [0.4, 0.5) is 5.82 Å². The lowest BCUT2D eigenvalue weighted by molar-refractivity contribution is 0.101. The first-order valence-electron chi connectivity index (χ1n) is 10.8. The molecule has 176 valence electrons. The number of fused-ring (bicyclic) bond motifs is 2. The first-order chi connectivity index (χ1) is 15.8. The van der Waals surface area contributed by atoms with Gasteiger partial charge in [0.1, 0.15) is 17.9 Å². The highest BCUT2D eigenvalue weighted by Crippen LogP contribution is 2.45.